The van der Waals surface area contributed by atoms with Gasteiger partial charge in [0.1, 0.15) is 0 Å². The van der Waals surface area contributed by atoms with E-state index in [-0.39, 0.29) is 0 Å². The topological polar surface area (TPSA) is 39.1 Å². The van der Waals surface area contributed by atoms with Gasteiger partial charge in [-0.2, -0.15) is 5.26 Å². The number of piperidine rings is 1. The molecule has 1 atom stereocenters. The van der Waals surface area contributed by atoms with Crippen LogP contribution in [-0.4, -0.2) is 37.1 Å². The van der Waals surface area contributed by atoms with Gasteiger partial charge in [-0.3, -0.25) is 0 Å². The molecule has 3 heteroatoms. The van der Waals surface area contributed by atoms with Crippen LogP contribution < -0.4 is 5.32 Å². The van der Waals surface area contributed by atoms with Crippen LogP contribution in [0.4, 0.5) is 0 Å². The molecule has 14 heavy (non-hydrogen) atoms. The third-order valence-electron chi connectivity index (χ3n) is 3.02. The molecule has 0 aliphatic carbocycles. The van der Waals surface area contributed by atoms with Crippen molar-refractivity contribution in [3.05, 3.63) is 0 Å². The van der Waals surface area contributed by atoms with Gasteiger partial charge in [0.05, 0.1) is 12.5 Å². The molecule has 0 aromatic carbocycles. The van der Waals surface area contributed by atoms with E-state index >= 15 is 0 Å². The molecule has 1 unspecified atom stereocenters. The number of rotatable bonds is 4. The first kappa shape index (κ1) is 11.5. The van der Waals surface area contributed by atoms with E-state index in [1.807, 2.05) is 0 Å². The molecule has 1 heterocycles. The van der Waals surface area contributed by atoms with Crippen LogP contribution in [-0.2, 0) is 0 Å². The molecule has 0 radical (unpaired) electrons. The predicted molar refractivity (Wildman–Crippen MR) is 58.0 cm³/mol. The molecule has 0 aromatic heterocycles. The zero-order valence-corrected chi connectivity index (χ0v) is 9.29. The third kappa shape index (κ3) is 3.65. The summed E-state index contributed by atoms with van der Waals surface area (Å²) in [6.45, 7) is 4.51. The second-order valence-corrected chi connectivity index (χ2v) is 4.21. The molecule has 1 rings (SSSR count). The van der Waals surface area contributed by atoms with Crippen LogP contribution in [0.2, 0.25) is 0 Å². The van der Waals surface area contributed by atoms with E-state index in [1.54, 1.807) is 0 Å². The van der Waals surface area contributed by atoms with Crippen molar-refractivity contribution >= 4 is 0 Å². The van der Waals surface area contributed by atoms with Crippen molar-refractivity contribution < 1.29 is 0 Å². The predicted octanol–water partition coefficient (Wildman–Crippen LogP) is 1.36. The minimum absolute atomic E-state index is 0.397. The summed E-state index contributed by atoms with van der Waals surface area (Å²) in [5, 5.41) is 12.2. The minimum atomic E-state index is 0.397. The first-order chi connectivity index (χ1) is 6.76. The van der Waals surface area contributed by atoms with Gasteiger partial charge in [-0.25, -0.2) is 0 Å². The molecular weight excluding hydrogens is 174 g/mol. The average molecular weight is 195 g/mol. The SMILES string of the molecule is CCC(CC#N)NC1CCN(C)CC1. The normalized spacial score (nSPS) is 21.8. The highest BCUT2D eigenvalue weighted by atomic mass is 15.1. The van der Waals surface area contributed by atoms with E-state index in [1.165, 1.54) is 25.9 Å². The molecule has 1 saturated heterocycles. The highest BCUT2D eigenvalue weighted by Crippen LogP contribution is 2.10. The Hall–Kier alpha value is -0.590. The maximum absolute atomic E-state index is 8.64. The van der Waals surface area contributed by atoms with Crippen molar-refractivity contribution in [2.24, 2.45) is 0 Å². The van der Waals surface area contributed by atoms with Crippen LogP contribution in [0.25, 0.3) is 0 Å². The molecule has 0 spiro atoms. The van der Waals surface area contributed by atoms with Crippen molar-refractivity contribution in [3.63, 3.8) is 0 Å². The Morgan fingerprint density at radius 2 is 2.14 bits per heavy atom. The number of nitriles is 1. The number of nitrogens with one attached hydrogen (secondary N) is 1. The van der Waals surface area contributed by atoms with E-state index < -0.39 is 0 Å². The monoisotopic (exact) mass is 195 g/mol. The summed E-state index contributed by atoms with van der Waals surface area (Å²) in [6, 6.07) is 3.27. The molecule has 3 nitrogen and oxygen atoms in total. The fourth-order valence-electron chi connectivity index (χ4n) is 1.94. The molecular formula is C11H21N3. The van der Waals surface area contributed by atoms with Crippen molar-refractivity contribution in [2.75, 3.05) is 20.1 Å². The molecule has 0 aromatic rings. The third-order valence-corrected chi connectivity index (χ3v) is 3.02. The van der Waals surface area contributed by atoms with E-state index in [9.17, 15) is 0 Å². The Kier molecular flexibility index (Phi) is 4.92. The van der Waals surface area contributed by atoms with Crippen LogP contribution in [0.1, 0.15) is 32.6 Å². The first-order valence-corrected chi connectivity index (χ1v) is 5.57. The van der Waals surface area contributed by atoms with Crippen molar-refractivity contribution in [3.8, 4) is 6.07 Å². The standard InChI is InChI=1S/C11H21N3/c1-3-10(4-7-12)13-11-5-8-14(2)9-6-11/h10-11,13H,3-6,8-9H2,1-2H3. The van der Waals surface area contributed by atoms with E-state index in [0.717, 1.165) is 6.42 Å². The summed E-state index contributed by atoms with van der Waals surface area (Å²) in [5.74, 6) is 0. The van der Waals surface area contributed by atoms with Crippen molar-refractivity contribution in [2.45, 2.75) is 44.7 Å². The summed E-state index contributed by atoms with van der Waals surface area (Å²) < 4.78 is 0. The van der Waals surface area contributed by atoms with Crippen molar-refractivity contribution in [1.29, 1.82) is 5.26 Å². The Morgan fingerprint density at radius 3 is 2.64 bits per heavy atom. The second kappa shape index (κ2) is 6.00. The molecule has 1 fully saturated rings. The van der Waals surface area contributed by atoms with Gasteiger partial charge < -0.3 is 10.2 Å². The van der Waals surface area contributed by atoms with Crippen LogP contribution in [0.3, 0.4) is 0 Å². The molecule has 1 aliphatic rings. The highest BCUT2D eigenvalue weighted by Gasteiger charge is 2.18. The smallest absolute Gasteiger partial charge is 0.0638 e. The Labute approximate surface area is 87.1 Å². The largest absolute Gasteiger partial charge is 0.310 e. The van der Waals surface area contributed by atoms with Gasteiger partial charge in [0.15, 0.2) is 0 Å². The fraction of sp³-hybridized carbons (Fsp3) is 0.909. The summed E-state index contributed by atoms with van der Waals surface area (Å²) in [6.07, 6.45) is 4.14. The summed E-state index contributed by atoms with van der Waals surface area (Å²) >= 11 is 0. The number of hydrogen-bond acceptors (Lipinski definition) is 3. The quantitative estimate of drug-likeness (QED) is 0.736. The van der Waals surface area contributed by atoms with Gasteiger partial charge in [-0.15, -0.1) is 0 Å². The molecule has 0 bridgehead atoms. The van der Waals surface area contributed by atoms with Gasteiger partial charge in [0.2, 0.25) is 0 Å². The van der Waals surface area contributed by atoms with E-state index in [4.69, 9.17) is 5.26 Å². The van der Waals surface area contributed by atoms with E-state index in [0.29, 0.717) is 18.5 Å². The lowest BCUT2D eigenvalue weighted by Gasteiger charge is -2.31. The van der Waals surface area contributed by atoms with E-state index in [2.05, 4.69) is 30.3 Å². The van der Waals surface area contributed by atoms with Crippen LogP contribution in [0.15, 0.2) is 0 Å². The van der Waals surface area contributed by atoms with Gasteiger partial charge in [0.25, 0.3) is 0 Å². The maximum atomic E-state index is 8.64. The average Bonchev–Trinajstić information content (AvgIpc) is 2.20. The van der Waals surface area contributed by atoms with Crippen LogP contribution >= 0.6 is 0 Å². The molecule has 0 amide bonds. The first-order valence-electron chi connectivity index (χ1n) is 5.57. The summed E-state index contributed by atoms with van der Waals surface area (Å²) in [5.41, 5.74) is 0. The lowest BCUT2D eigenvalue weighted by Crippen LogP contribution is -2.44. The minimum Gasteiger partial charge on any atom is -0.310 e. The zero-order valence-electron chi connectivity index (χ0n) is 9.29. The lowest BCUT2D eigenvalue weighted by atomic mass is 10.0. The summed E-state index contributed by atoms with van der Waals surface area (Å²) in [4.78, 5) is 2.36. The Balaban J connectivity index is 2.25. The Morgan fingerprint density at radius 1 is 1.50 bits per heavy atom. The summed E-state index contributed by atoms with van der Waals surface area (Å²) in [7, 11) is 2.17. The molecule has 80 valence electrons. The van der Waals surface area contributed by atoms with Crippen LogP contribution in [0.5, 0.6) is 0 Å². The number of hydrogen-bond donors (Lipinski definition) is 1. The maximum Gasteiger partial charge on any atom is 0.0638 e. The van der Waals surface area contributed by atoms with Crippen LogP contribution in [0, 0.1) is 11.3 Å². The fourth-order valence-corrected chi connectivity index (χ4v) is 1.94. The van der Waals surface area contributed by atoms with Crippen molar-refractivity contribution in [1.82, 2.24) is 10.2 Å². The lowest BCUT2D eigenvalue weighted by molar-refractivity contribution is 0.223. The molecule has 1 aliphatic heterocycles. The second-order valence-electron chi connectivity index (χ2n) is 4.21. The number of likely N-dealkylation sites (tertiary alicyclic amines) is 1. The zero-order chi connectivity index (χ0) is 10.4. The van der Waals surface area contributed by atoms with Gasteiger partial charge >= 0.3 is 0 Å². The highest BCUT2D eigenvalue weighted by molar-refractivity contribution is 4.84. The number of nitrogens with zero attached hydrogens (tertiary/aromatic N) is 2. The molecule has 0 saturated carbocycles. The Bertz CT molecular complexity index is 189. The molecule has 1 N–H and O–H groups in total. The van der Waals surface area contributed by atoms with Gasteiger partial charge in [-0.1, -0.05) is 6.92 Å². The van der Waals surface area contributed by atoms with Gasteiger partial charge in [-0.05, 0) is 39.4 Å². The van der Waals surface area contributed by atoms with Gasteiger partial charge in [0, 0.05) is 12.1 Å².